The zero-order chi connectivity index (χ0) is 25.2. The molecule has 0 N–H and O–H groups in total. The summed E-state index contributed by atoms with van der Waals surface area (Å²) in [6, 6.07) is 14.2. The summed E-state index contributed by atoms with van der Waals surface area (Å²) in [5.41, 5.74) is -1.16. The smallest absolute Gasteiger partial charge is 0.416 e. The van der Waals surface area contributed by atoms with Crippen LogP contribution in [-0.2, 0) is 6.18 Å². The molecular weight excluding hydrogens is 470 g/mol. The summed E-state index contributed by atoms with van der Waals surface area (Å²) < 4.78 is 58.0. The third-order valence-electron chi connectivity index (χ3n) is 5.57. The summed E-state index contributed by atoms with van der Waals surface area (Å²) in [6.07, 6.45) is -4.73. The van der Waals surface area contributed by atoms with Crippen molar-refractivity contribution >= 4 is 17.3 Å². The molecule has 182 valence electrons. The van der Waals surface area contributed by atoms with E-state index in [9.17, 15) is 32.5 Å². The van der Waals surface area contributed by atoms with Gasteiger partial charge in [0.2, 0.25) is 5.75 Å². The highest BCUT2D eigenvalue weighted by Gasteiger charge is 2.33. The number of ether oxygens (including phenoxy) is 1. The first-order chi connectivity index (χ1) is 16.6. The number of para-hydroxylation sites is 1. The second-order valence-electron chi connectivity index (χ2n) is 7.79. The summed E-state index contributed by atoms with van der Waals surface area (Å²) in [7, 11) is 0. The predicted molar refractivity (Wildman–Crippen MR) is 119 cm³/mol. The third kappa shape index (κ3) is 5.34. The van der Waals surface area contributed by atoms with Crippen molar-refractivity contribution in [1.29, 1.82) is 0 Å². The maximum absolute atomic E-state index is 14.0. The van der Waals surface area contributed by atoms with Gasteiger partial charge in [-0.05, 0) is 48.5 Å². The Morgan fingerprint density at radius 3 is 2.20 bits per heavy atom. The lowest BCUT2D eigenvalue weighted by Crippen LogP contribution is -2.49. The van der Waals surface area contributed by atoms with Crippen molar-refractivity contribution in [2.24, 2.45) is 0 Å². The van der Waals surface area contributed by atoms with Gasteiger partial charge in [0.05, 0.1) is 16.2 Å². The van der Waals surface area contributed by atoms with Crippen molar-refractivity contribution in [2.45, 2.75) is 6.18 Å². The van der Waals surface area contributed by atoms with Crippen LogP contribution in [0.25, 0.3) is 0 Å². The maximum atomic E-state index is 14.0. The zero-order valence-corrected chi connectivity index (χ0v) is 18.2. The molecule has 3 aromatic carbocycles. The fourth-order valence-electron chi connectivity index (χ4n) is 3.76. The molecule has 0 aliphatic carbocycles. The minimum atomic E-state index is -4.73. The standard InChI is InChI=1S/C24H19F4N3O4/c25-19-3-1-2-4-20(19)29-11-13-30(14-12-29)23(32)16-5-8-18(9-6-16)35-22-10-7-17(24(26,27)28)15-21(22)31(33)34/h1-10,15H,11-14H2. The summed E-state index contributed by atoms with van der Waals surface area (Å²) in [6.45, 7) is 1.71. The molecule has 4 rings (SSSR count). The first-order valence-electron chi connectivity index (χ1n) is 10.6. The van der Waals surface area contributed by atoms with Crippen LogP contribution in [-0.4, -0.2) is 41.9 Å². The van der Waals surface area contributed by atoms with Gasteiger partial charge in [0, 0.05) is 37.8 Å². The molecule has 0 unspecified atom stereocenters. The van der Waals surface area contributed by atoms with E-state index in [1.807, 2.05) is 4.90 Å². The highest BCUT2D eigenvalue weighted by Crippen LogP contribution is 2.37. The van der Waals surface area contributed by atoms with Crippen LogP contribution >= 0.6 is 0 Å². The molecule has 0 atom stereocenters. The van der Waals surface area contributed by atoms with E-state index in [4.69, 9.17) is 4.74 Å². The van der Waals surface area contributed by atoms with Crippen molar-refractivity contribution < 1.29 is 32.0 Å². The Hall–Kier alpha value is -4.15. The average molecular weight is 489 g/mol. The van der Waals surface area contributed by atoms with Crippen LogP contribution in [0.15, 0.2) is 66.7 Å². The number of carbonyl (C=O) groups excluding carboxylic acids is 1. The van der Waals surface area contributed by atoms with Gasteiger partial charge in [-0.3, -0.25) is 14.9 Å². The van der Waals surface area contributed by atoms with Gasteiger partial charge in [-0.15, -0.1) is 0 Å². The largest absolute Gasteiger partial charge is 0.450 e. The van der Waals surface area contributed by atoms with Crippen molar-refractivity contribution in [3.63, 3.8) is 0 Å². The Bertz CT molecular complexity index is 1240. The molecule has 0 saturated carbocycles. The Balaban J connectivity index is 1.42. The number of hydrogen-bond acceptors (Lipinski definition) is 5. The number of anilines is 1. The molecule has 11 heteroatoms. The number of benzene rings is 3. The number of nitro benzene ring substituents is 1. The predicted octanol–water partition coefficient (Wildman–Crippen LogP) is 5.51. The van der Waals surface area contributed by atoms with E-state index in [0.717, 1.165) is 6.07 Å². The number of nitro groups is 1. The number of piperazine rings is 1. The van der Waals surface area contributed by atoms with Gasteiger partial charge < -0.3 is 14.5 Å². The molecule has 1 saturated heterocycles. The minimum Gasteiger partial charge on any atom is -0.450 e. The number of amides is 1. The first-order valence-corrected chi connectivity index (χ1v) is 10.6. The number of nitrogens with zero attached hydrogens (tertiary/aromatic N) is 3. The molecule has 1 aliphatic heterocycles. The van der Waals surface area contributed by atoms with Gasteiger partial charge in [0.25, 0.3) is 5.91 Å². The van der Waals surface area contributed by atoms with E-state index in [2.05, 4.69) is 0 Å². The van der Waals surface area contributed by atoms with Gasteiger partial charge in [0.1, 0.15) is 11.6 Å². The van der Waals surface area contributed by atoms with E-state index in [-0.39, 0.29) is 23.2 Å². The monoisotopic (exact) mass is 489 g/mol. The number of hydrogen-bond donors (Lipinski definition) is 0. The second kappa shape index (κ2) is 9.61. The molecule has 0 bridgehead atoms. The maximum Gasteiger partial charge on any atom is 0.416 e. The van der Waals surface area contributed by atoms with Crippen LogP contribution in [0.3, 0.4) is 0 Å². The topological polar surface area (TPSA) is 75.9 Å². The zero-order valence-electron chi connectivity index (χ0n) is 18.2. The molecule has 0 spiro atoms. The van der Waals surface area contributed by atoms with E-state index < -0.39 is 22.4 Å². The molecule has 3 aromatic rings. The van der Waals surface area contributed by atoms with Gasteiger partial charge in [-0.2, -0.15) is 13.2 Å². The Kier molecular flexibility index (Phi) is 6.59. The normalized spacial score (nSPS) is 14.1. The fraction of sp³-hybridized carbons (Fsp3) is 0.208. The molecule has 35 heavy (non-hydrogen) atoms. The number of carbonyl (C=O) groups is 1. The van der Waals surface area contributed by atoms with Gasteiger partial charge in [-0.1, -0.05) is 12.1 Å². The highest BCUT2D eigenvalue weighted by molar-refractivity contribution is 5.94. The van der Waals surface area contributed by atoms with Crippen LogP contribution in [0.4, 0.5) is 28.9 Å². The quantitative estimate of drug-likeness (QED) is 0.269. The summed E-state index contributed by atoms with van der Waals surface area (Å²) in [5.74, 6) is -0.804. The molecule has 1 aliphatic rings. The van der Waals surface area contributed by atoms with Crippen LogP contribution in [0.5, 0.6) is 11.5 Å². The molecule has 0 aromatic heterocycles. The van der Waals surface area contributed by atoms with E-state index >= 15 is 0 Å². The third-order valence-corrected chi connectivity index (χ3v) is 5.57. The van der Waals surface area contributed by atoms with Gasteiger partial charge in [0.15, 0.2) is 0 Å². The number of halogens is 4. The van der Waals surface area contributed by atoms with Crippen molar-refractivity contribution in [3.05, 3.63) is 93.8 Å². The Morgan fingerprint density at radius 1 is 0.943 bits per heavy atom. The van der Waals surface area contributed by atoms with Crippen molar-refractivity contribution in [3.8, 4) is 11.5 Å². The second-order valence-corrected chi connectivity index (χ2v) is 7.79. The average Bonchev–Trinajstić information content (AvgIpc) is 2.84. The van der Waals surface area contributed by atoms with Crippen molar-refractivity contribution in [1.82, 2.24) is 4.90 Å². The Morgan fingerprint density at radius 2 is 1.60 bits per heavy atom. The lowest BCUT2D eigenvalue weighted by molar-refractivity contribution is -0.385. The summed E-state index contributed by atoms with van der Waals surface area (Å²) in [5, 5.41) is 11.2. The lowest BCUT2D eigenvalue weighted by Gasteiger charge is -2.36. The van der Waals surface area contributed by atoms with Crippen LogP contribution in [0.1, 0.15) is 15.9 Å². The fourth-order valence-corrected chi connectivity index (χ4v) is 3.76. The van der Waals surface area contributed by atoms with Gasteiger partial charge >= 0.3 is 11.9 Å². The minimum absolute atomic E-state index is 0.119. The Labute approximate surface area is 197 Å². The van der Waals surface area contributed by atoms with Crippen LogP contribution in [0, 0.1) is 15.9 Å². The molecule has 1 amide bonds. The molecule has 0 radical (unpaired) electrons. The van der Waals surface area contributed by atoms with Gasteiger partial charge in [-0.25, -0.2) is 4.39 Å². The first kappa shape index (κ1) is 24.0. The highest BCUT2D eigenvalue weighted by atomic mass is 19.4. The molecule has 1 heterocycles. The van der Waals surface area contributed by atoms with E-state index in [1.165, 1.54) is 30.3 Å². The van der Waals surface area contributed by atoms with E-state index in [1.54, 1.807) is 23.1 Å². The van der Waals surface area contributed by atoms with Crippen LogP contribution < -0.4 is 9.64 Å². The molecule has 7 nitrogen and oxygen atoms in total. The molecular formula is C24H19F4N3O4. The molecule has 1 fully saturated rings. The van der Waals surface area contributed by atoms with Crippen LogP contribution in [0.2, 0.25) is 0 Å². The summed E-state index contributed by atoms with van der Waals surface area (Å²) >= 11 is 0. The number of alkyl halides is 3. The van der Waals surface area contributed by atoms with E-state index in [0.29, 0.717) is 49.6 Å². The van der Waals surface area contributed by atoms with Crippen molar-refractivity contribution in [2.75, 3.05) is 31.1 Å². The lowest BCUT2D eigenvalue weighted by atomic mass is 10.1. The SMILES string of the molecule is O=C(c1ccc(Oc2ccc(C(F)(F)F)cc2[N+](=O)[O-])cc1)N1CCN(c2ccccc2F)CC1. The number of rotatable bonds is 5. The summed E-state index contributed by atoms with van der Waals surface area (Å²) in [4.78, 5) is 26.6.